The molecule has 2 aliphatic rings. The Kier molecular flexibility index (Phi) is 13.4. The SMILES string of the molecule is CC(C)(C)OC(=O)NCCCn1cc(NC(=O)c2ccc(OC[C@H](ON3C(=O)c4ccccc4C3=O)C(=O)OC(C)(C)C)cc2)c[n+]1CC1CN(C(=O)OC(C)(C)C)C1. The summed E-state index contributed by atoms with van der Waals surface area (Å²) >= 11 is 0. The van der Waals surface area contributed by atoms with Gasteiger partial charge in [0.2, 0.25) is 12.3 Å². The van der Waals surface area contributed by atoms with Gasteiger partial charge in [-0.2, -0.15) is 4.68 Å². The van der Waals surface area contributed by atoms with Crippen LogP contribution in [0.2, 0.25) is 0 Å². The number of carbonyl (C=O) groups excluding carboxylic acids is 6. The summed E-state index contributed by atoms with van der Waals surface area (Å²) in [6, 6.07) is 12.4. The van der Waals surface area contributed by atoms with Crippen LogP contribution < -0.4 is 20.1 Å². The Hall–Kier alpha value is -5.97. The highest BCUT2D eigenvalue weighted by Gasteiger charge is 2.41. The predicted molar refractivity (Wildman–Crippen MR) is 212 cm³/mol. The highest BCUT2D eigenvalue weighted by atomic mass is 16.7. The number of aryl methyl sites for hydroxylation is 1. The molecular formula is C42H55N6O11+. The van der Waals surface area contributed by atoms with Gasteiger partial charge >= 0.3 is 18.2 Å². The predicted octanol–water partition coefficient (Wildman–Crippen LogP) is 5.13. The van der Waals surface area contributed by atoms with Gasteiger partial charge in [-0.15, -0.1) is 9.75 Å². The summed E-state index contributed by atoms with van der Waals surface area (Å²) in [6.07, 6.45) is 1.86. The third-order valence-corrected chi connectivity index (χ3v) is 8.63. The molecule has 2 aromatic carbocycles. The van der Waals surface area contributed by atoms with Crippen LogP contribution in [0.5, 0.6) is 5.75 Å². The average Bonchev–Trinajstić information content (AvgIpc) is 3.59. The standard InChI is InChI=1S/C42H54N6O11/c1-40(2,3)56-37(52)33(59-48-35(50)31-13-10-11-14-32(31)36(48)51)26-55-30-17-15-28(16-18-30)34(49)44-29-24-46(20-12-19-43-38(53)57-41(4,5)6)47(25-29)23-27-21-45(22-27)39(54)58-42(7,8)9/h10-11,13-18,24-25,27,33H,12,19-23,26H2,1-9H3,(H-,43,44,49,53)/p+1/t33-/m0/s1. The van der Waals surface area contributed by atoms with E-state index in [2.05, 4.69) is 10.6 Å². The number of nitrogens with zero attached hydrogens (tertiary/aromatic N) is 4. The number of benzene rings is 2. The fourth-order valence-electron chi connectivity index (χ4n) is 6.07. The van der Waals surface area contributed by atoms with E-state index in [1.807, 2.05) is 36.3 Å². The maximum Gasteiger partial charge on any atom is 0.410 e. The number of ether oxygens (including phenoxy) is 4. The fraction of sp³-hybridized carbons (Fsp3) is 0.500. The van der Waals surface area contributed by atoms with Crippen molar-refractivity contribution in [1.82, 2.24) is 20.0 Å². The van der Waals surface area contributed by atoms with Crippen LogP contribution in [0.1, 0.15) is 99.8 Å². The monoisotopic (exact) mass is 819 g/mol. The van der Waals surface area contributed by atoms with Gasteiger partial charge in [-0.1, -0.05) is 12.1 Å². The molecule has 0 bridgehead atoms. The van der Waals surface area contributed by atoms with E-state index in [0.717, 1.165) is 0 Å². The Labute approximate surface area is 343 Å². The summed E-state index contributed by atoms with van der Waals surface area (Å²) in [5.41, 5.74) is -0.948. The van der Waals surface area contributed by atoms with Gasteiger partial charge in [0, 0.05) is 25.2 Å². The molecule has 17 heteroatoms. The number of imide groups is 1. The average molecular weight is 820 g/mol. The zero-order valence-electron chi connectivity index (χ0n) is 35.2. The third-order valence-electron chi connectivity index (χ3n) is 8.63. The van der Waals surface area contributed by atoms with Crippen LogP contribution in [-0.4, -0.2) is 99.7 Å². The lowest BCUT2D eigenvalue weighted by Gasteiger charge is -2.38. The van der Waals surface area contributed by atoms with E-state index in [1.54, 1.807) is 89.0 Å². The molecule has 1 fully saturated rings. The Morgan fingerprint density at radius 2 is 1.41 bits per heavy atom. The van der Waals surface area contributed by atoms with Gasteiger partial charge in [-0.05, 0) is 105 Å². The largest absolute Gasteiger partial charge is 0.490 e. The first-order chi connectivity index (χ1) is 27.5. The highest BCUT2D eigenvalue weighted by molar-refractivity contribution is 6.20. The first-order valence-electron chi connectivity index (χ1n) is 19.5. The number of amides is 5. The van der Waals surface area contributed by atoms with Crippen molar-refractivity contribution >= 4 is 41.6 Å². The van der Waals surface area contributed by atoms with Crippen LogP contribution in [0.4, 0.5) is 15.3 Å². The Morgan fingerprint density at radius 1 is 0.814 bits per heavy atom. The topological polar surface area (TPSA) is 188 Å². The van der Waals surface area contributed by atoms with Gasteiger partial charge in [0.15, 0.2) is 6.54 Å². The Balaban J connectivity index is 1.21. The lowest BCUT2D eigenvalue weighted by atomic mass is 10.0. The molecule has 1 saturated heterocycles. The quantitative estimate of drug-likeness (QED) is 0.0722. The van der Waals surface area contributed by atoms with E-state index in [0.29, 0.717) is 55.5 Å². The van der Waals surface area contributed by atoms with Gasteiger partial charge in [0.25, 0.3) is 17.7 Å². The van der Waals surface area contributed by atoms with Gasteiger partial charge in [-0.3, -0.25) is 14.4 Å². The van der Waals surface area contributed by atoms with E-state index < -0.39 is 59.3 Å². The van der Waals surface area contributed by atoms with E-state index in [-0.39, 0.29) is 28.9 Å². The van der Waals surface area contributed by atoms with Crippen molar-refractivity contribution in [3.05, 3.63) is 77.6 Å². The van der Waals surface area contributed by atoms with E-state index in [4.69, 9.17) is 23.8 Å². The molecule has 5 rings (SSSR count). The Morgan fingerprint density at radius 3 is 1.98 bits per heavy atom. The maximum absolute atomic E-state index is 13.4. The minimum atomic E-state index is -1.48. The molecule has 59 heavy (non-hydrogen) atoms. The molecule has 1 aromatic heterocycles. The number of nitrogens with one attached hydrogen (secondary N) is 2. The number of alkyl carbamates (subject to hydrolysis) is 1. The van der Waals surface area contributed by atoms with Gasteiger partial charge < -0.3 is 34.5 Å². The van der Waals surface area contributed by atoms with Crippen molar-refractivity contribution in [3.63, 3.8) is 0 Å². The van der Waals surface area contributed by atoms with Crippen molar-refractivity contribution in [1.29, 1.82) is 0 Å². The summed E-state index contributed by atoms with van der Waals surface area (Å²) in [5.74, 6) is -2.22. The number of hydrogen-bond acceptors (Lipinski definition) is 11. The number of likely N-dealkylation sites (tertiary alicyclic amines) is 1. The number of hydrogen-bond donors (Lipinski definition) is 2. The van der Waals surface area contributed by atoms with E-state index >= 15 is 0 Å². The zero-order chi connectivity index (χ0) is 43.3. The minimum Gasteiger partial charge on any atom is -0.490 e. The van der Waals surface area contributed by atoms with Crippen LogP contribution in [0.15, 0.2) is 60.9 Å². The Bertz CT molecular complexity index is 2000. The summed E-state index contributed by atoms with van der Waals surface area (Å²) < 4.78 is 26.1. The molecule has 2 aliphatic heterocycles. The molecule has 318 valence electrons. The van der Waals surface area contributed by atoms with Crippen molar-refractivity contribution in [2.24, 2.45) is 5.92 Å². The first-order valence-corrected chi connectivity index (χ1v) is 19.5. The van der Waals surface area contributed by atoms with Crippen LogP contribution >= 0.6 is 0 Å². The molecule has 3 aromatic rings. The number of esters is 1. The van der Waals surface area contributed by atoms with E-state index in [1.165, 1.54) is 12.1 Å². The minimum absolute atomic E-state index is 0.152. The molecular weight excluding hydrogens is 764 g/mol. The molecule has 3 heterocycles. The number of hydroxylamine groups is 2. The molecule has 0 saturated carbocycles. The van der Waals surface area contributed by atoms with Crippen molar-refractivity contribution < 1.29 is 57.2 Å². The normalized spacial score (nSPS) is 14.9. The second kappa shape index (κ2) is 17.9. The van der Waals surface area contributed by atoms with Gasteiger partial charge in [0.1, 0.15) is 34.8 Å². The maximum atomic E-state index is 13.4. The molecule has 17 nitrogen and oxygen atoms in total. The molecule has 1 atom stereocenters. The molecule has 0 unspecified atom stereocenters. The third kappa shape index (κ3) is 12.5. The van der Waals surface area contributed by atoms with Crippen LogP contribution in [-0.2, 0) is 36.9 Å². The summed E-state index contributed by atoms with van der Waals surface area (Å²) in [6.45, 7) is 18.0. The smallest absolute Gasteiger partial charge is 0.410 e. The van der Waals surface area contributed by atoms with Crippen molar-refractivity contribution in [2.45, 2.75) is 105 Å². The number of aromatic nitrogens is 2. The van der Waals surface area contributed by atoms with Gasteiger partial charge in [-0.25, -0.2) is 19.2 Å². The van der Waals surface area contributed by atoms with Crippen LogP contribution in [0, 0.1) is 5.92 Å². The number of fused-ring (bicyclic) bond motifs is 1. The summed E-state index contributed by atoms with van der Waals surface area (Å²) in [4.78, 5) is 84.4. The summed E-state index contributed by atoms with van der Waals surface area (Å²) in [5, 5.41) is 6.24. The second-order valence-corrected chi connectivity index (χ2v) is 17.4. The highest BCUT2D eigenvalue weighted by Crippen LogP contribution is 2.25. The van der Waals surface area contributed by atoms with Gasteiger partial charge in [0.05, 0.1) is 29.8 Å². The number of anilines is 1. The molecule has 0 spiro atoms. The molecule has 0 radical (unpaired) electrons. The zero-order valence-corrected chi connectivity index (χ0v) is 35.2. The van der Waals surface area contributed by atoms with Crippen molar-refractivity contribution in [3.8, 4) is 5.75 Å². The second-order valence-electron chi connectivity index (χ2n) is 17.4. The first kappa shape index (κ1) is 44.1. The number of rotatable bonds is 14. The molecule has 2 N–H and O–H groups in total. The van der Waals surface area contributed by atoms with Crippen molar-refractivity contribution in [2.75, 3.05) is 31.6 Å². The van der Waals surface area contributed by atoms with E-state index in [9.17, 15) is 28.8 Å². The molecule has 5 amide bonds. The fourth-order valence-corrected chi connectivity index (χ4v) is 6.07. The lowest BCUT2D eigenvalue weighted by Crippen LogP contribution is -2.58. The summed E-state index contributed by atoms with van der Waals surface area (Å²) in [7, 11) is 0. The number of carbonyl (C=O) groups is 6. The molecule has 0 aliphatic carbocycles. The lowest BCUT2D eigenvalue weighted by molar-refractivity contribution is -0.781. The van der Waals surface area contributed by atoms with Crippen LogP contribution in [0.3, 0.4) is 0 Å². The van der Waals surface area contributed by atoms with Crippen LogP contribution in [0.25, 0.3) is 0 Å².